The van der Waals surface area contributed by atoms with Gasteiger partial charge in [0.2, 0.25) is 0 Å². The van der Waals surface area contributed by atoms with Crippen LogP contribution in [0.15, 0.2) is 0 Å². The fourth-order valence-electron chi connectivity index (χ4n) is 1.94. The number of likely N-dealkylation sites (tertiary alicyclic amines) is 1. The molecule has 2 N–H and O–H groups in total. The molecule has 14 heavy (non-hydrogen) atoms. The van der Waals surface area contributed by atoms with E-state index in [1.807, 2.05) is 11.8 Å². The Hall–Kier alpha value is 0.270. The molecular formula is C11H24N2S. The van der Waals surface area contributed by atoms with E-state index in [-0.39, 0.29) is 0 Å². The Bertz CT molecular complexity index is 144. The van der Waals surface area contributed by atoms with Crippen LogP contribution < -0.4 is 5.73 Å². The summed E-state index contributed by atoms with van der Waals surface area (Å²) < 4.78 is 0. The van der Waals surface area contributed by atoms with Crippen LogP contribution in [0.4, 0.5) is 0 Å². The molecule has 0 aromatic rings. The van der Waals surface area contributed by atoms with Crippen LogP contribution in [0.3, 0.4) is 0 Å². The van der Waals surface area contributed by atoms with E-state index in [1.54, 1.807) is 0 Å². The molecule has 1 saturated heterocycles. The Morgan fingerprint density at radius 2 is 2.07 bits per heavy atom. The number of hydrogen-bond donors (Lipinski definition) is 1. The molecule has 0 bridgehead atoms. The van der Waals surface area contributed by atoms with Gasteiger partial charge in [-0.1, -0.05) is 6.92 Å². The first-order valence-corrected chi connectivity index (χ1v) is 6.97. The minimum atomic E-state index is 0.462. The SMILES string of the molecule is CCSCCC(C)N1CCC(N)CC1. The third-order valence-electron chi connectivity index (χ3n) is 3.08. The highest BCUT2D eigenvalue weighted by molar-refractivity contribution is 7.99. The maximum atomic E-state index is 5.89. The molecule has 1 aliphatic heterocycles. The number of nitrogens with zero attached hydrogens (tertiary/aromatic N) is 1. The molecule has 0 aliphatic carbocycles. The summed E-state index contributed by atoms with van der Waals surface area (Å²) in [6.07, 6.45) is 3.70. The van der Waals surface area contributed by atoms with Crippen LogP contribution in [0.5, 0.6) is 0 Å². The predicted octanol–water partition coefficient (Wildman–Crippen LogP) is 1.94. The molecule has 1 fully saturated rings. The zero-order valence-corrected chi connectivity index (χ0v) is 10.4. The topological polar surface area (TPSA) is 29.3 Å². The van der Waals surface area contributed by atoms with Crippen molar-refractivity contribution in [2.24, 2.45) is 5.73 Å². The second-order valence-corrected chi connectivity index (χ2v) is 5.60. The average molecular weight is 216 g/mol. The van der Waals surface area contributed by atoms with Crippen LogP contribution in [-0.2, 0) is 0 Å². The van der Waals surface area contributed by atoms with Crippen molar-refractivity contribution in [3.05, 3.63) is 0 Å². The fraction of sp³-hybridized carbons (Fsp3) is 1.00. The van der Waals surface area contributed by atoms with E-state index in [0.717, 1.165) is 6.04 Å². The van der Waals surface area contributed by atoms with Crippen molar-refractivity contribution in [2.45, 2.75) is 45.2 Å². The molecule has 0 aromatic heterocycles. The van der Waals surface area contributed by atoms with E-state index >= 15 is 0 Å². The zero-order valence-electron chi connectivity index (χ0n) is 9.54. The molecule has 1 aliphatic rings. The number of nitrogens with two attached hydrogens (primary N) is 1. The van der Waals surface area contributed by atoms with Gasteiger partial charge in [-0.15, -0.1) is 0 Å². The lowest BCUT2D eigenvalue weighted by atomic mass is 10.0. The van der Waals surface area contributed by atoms with Crippen LogP contribution in [0.25, 0.3) is 0 Å². The summed E-state index contributed by atoms with van der Waals surface area (Å²) in [5.41, 5.74) is 5.89. The smallest absolute Gasteiger partial charge is 0.00748 e. The van der Waals surface area contributed by atoms with E-state index in [1.165, 1.54) is 43.9 Å². The Kier molecular flexibility index (Phi) is 5.90. The largest absolute Gasteiger partial charge is 0.328 e. The Labute approximate surface area is 92.6 Å². The molecular weight excluding hydrogens is 192 g/mol. The third kappa shape index (κ3) is 4.20. The van der Waals surface area contributed by atoms with Gasteiger partial charge in [0.25, 0.3) is 0 Å². The van der Waals surface area contributed by atoms with E-state index in [0.29, 0.717) is 6.04 Å². The van der Waals surface area contributed by atoms with Crippen molar-refractivity contribution in [2.75, 3.05) is 24.6 Å². The zero-order chi connectivity index (χ0) is 10.4. The summed E-state index contributed by atoms with van der Waals surface area (Å²) in [4.78, 5) is 2.60. The molecule has 84 valence electrons. The van der Waals surface area contributed by atoms with E-state index in [2.05, 4.69) is 18.7 Å². The van der Waals surface area contributed by atoms with Gasteiger partial charge >= 0.3 is 0 Å². The van der Waals surface area contributed by atoms with Crippen LogP contribution in [0.1, 0.15) is 33.1 Å². The maximum Gasteiger partial charge on any atom is 0.00748 e. The minimum Gasteiger partial charge on any atom is -0.328 e. The van der Waals surface area contributed by atoms with Gasteiger partial charge in [-0.3, -0.25) is 0 Å². The molecule has 3 heteroatoms. The second-order valence-electron chi connectivity index (χ2n) is 4.21. The van der Waals surface area contributed by atoms with Crippen LogP contribution in [0, 0.1) is 0 Å². The minimum absolute atomic E-state index is 0.462. The molecule has 0 aromatic carbocycles. The molecule has 2 nitrogen and oxygen atoms in total. The summed E-state index contributed by atoms with van der Waals surface area (Å²) in [6, 6.07) is 1.21. The standard InChI is InChI=1S/C11H24N2S/c1-3-14-9-6-10(2)13-7-4-11(12)5-8-13/h10-11H,3-9,12H2,1-2H3. The Morgan fingerprint density at radius 3 is 2.64 bits per heavy atom. The molecule has 1 heterocycles. The lowest BCUT2D eigenvalue weighted by Gasteiger charge is -2.34. The molecule has 1 rings (SSSR count). The van der Waals surface area contributed by atoms with Gasteiger partial charge in [-0.25, -0.2) is 0 Å². The maximum absolute atomic E-state index is 5.89. The van der Waals surface area contributed by atoms with Gasteiger partial charge in [0, 0.05) is 12.1 Å². The van der Waals surface area contributed by atoms with Gasteiger partial charge in [0.05, 0.1) is 0 Å². The Morgan fingerprint density at radius 1 is 1.43 bits per heavy atom. The molecule has 1 unspecified atom stereocenters. The van der Waals surface area contributed by atoms with Crippen molar-refractivity contribution >= 4 is 11.8 Å². The molecule has 0 saturated carbocycles. The van der Waals surface area contributed by atoms with Gasteiger partial charge < -0.3 is 10.6 Å². The average Bonchev–Trinajstić information content (AvgIpc) is 2.19. The van der Waals surface area contributed by atoms with E-state index in [9.17, 15) is 0 Å². The normalized spacial score (nSPS) is 22.5. The molecule has 0 radical (unpaired) electrons. The molecule has 1 atom stereocenters. The van der Waals surface area contributed by atoms with Gasteiger partial charge in [0.15, 0.2) is 0 Å². The lowest BCUT2D eigenvalue weighted by molar-refractivity contribution is 0.160. The van der Waals surface area contributed by atoms with Crippen molar-refractivity contribution < 1.29 is 0 Å². The quantitative estimate of drug-likeness (QED) is 0.712. The highest BCUT2D eigenvalue weighted by atomic mass is 32.2. The molecule has 0 amide bonds. The number of hydrogen-bond acceptors (Lipinski definition) is 3. The van der Waals surface area contributed by atoms with Crippen molar-refractivity contribution in [1.82, 2.24) is 4.90 Å². The molecule has 0 spiro atoms. The lowest BCUT2D eigenvalue weighted by Crippen LogP contribution is -2.44. The highest BCUT2D eigenvalue weighted by Gasteiger charge is 2.19. The fourth-order valence-corrected chi connectivity index (χ4v) is 2.74. The summed E-state index contributed by atoms with van der Waals surface area (Å²) in [7, 11) is 0. The predicted molar refractivity (Wildman–Crippen MR) is 65.9 cm³/mol. The van der Waals surface area contributed by atoms with E-state index in [4.69, 9.17) is 5.73 Å². The first-order valence-electron chi connectivity index (χ1n) is 5.81. The number of thioether (sulfide) groups is 1. The van der Waals surface area contributed by atoms with Crippen molar-refractivity contribution in [3.8, 4) is 0 Å². The summed E-state index contributed by atoms with van der Waals surface area (Å²) in [5.74, 6) is 2.55. The summed E-state index contributed by atoms with van der Waals surface area (Å²) in [5, 5.41) is 0. The summed E-state index contributed by atoms with van der Waals surface area (Å²) in [6.45, 7) is 7.00. The van der Waals surface area contributed by atoms with E-state index < -0.39 is 0 Å². The van der Waals surface area contributed by atoms with Crippen LogP contribution >= 0.6 is 11.8 Å². The van der Waals surface area contributed by atoms with Crippen molar-refractivity contribution in [1.29, 1.82) is 0 Å². The highest BCUT2D eigenvalue weighted by Crippen LogP contribution is 2.15. The van der Waals surface area contributed by atoms with Gasteiger partial charge in [-0.2, -0.15) is 11.8 Å². The monoisotopic (exact) mass is 216 g/mol. The van der Waals surface area contributed by atoms with Gasteiger partial charge in [-0.05, 0) is 50.8 Å². The number of piperidine rings is 1. The number of rotatable bonds is 5. The Balaban J connectivity index is 2.13. The van der Waals surface area contributed by atoms with Crippen LogP contribution in [0.2, 0.25) is 0 Å². The second kappa shape index (κ2) is 6.70. The first kappa shape index (κ1) is 12.3. The van der Waals surface area contributed by atoms with Gasteiger partial charge in [0.1, 0.15) is 0 Å². The van der Waals surface area contributed by atoms with Crippen LogP contribution in [-0.4, -0.2) is 41.6 Å². The third-order valence-corrected chi connectivity index (χ3v) is 4.01. The summed E-state index contributed by atoms with van der Waals surface area (Å²) >= 11 is 2.05. The first-order chi connectivity index (χ1) is 6.74. The van der Waals surface area contributed by atoms with Crippen molar-refractivity contribution in [3.63, 3.8) is 0 Å².